The van der Waals surface area contributed by atoms with E-state index in [-0.39, 0.29) is 18.8 Å². The predicted octanol–water partition coefficient (Wildman–Crippen LogP) is 0.772. The molecule has 0 fully saturated rings. The highest BCUT2D eigenvalue weighted by Gasteiger charge is 2.23. The summed E-state index contributed by atoms with van der Waals surface area (Å²) in [5.41, 5.74) is 1.64. The minimum Gasteiger partial charge on any atom is -0.486 e. The molecule has 1 atom stereocenters. The van der Waals surface area contributed by atoms with Crippen molar-refractivity contribution in [3.8, 4) is 11.5 Å². The number of rotatable bonds is 3. The van der Waals surface area contributed by atoms with Gasteiger partial charge in [-0.2, -0.15) is 0 Å². The van der Waals surface area contributed by atoms with E-state index in [1.54, 1.807) is 44.4 Å². The number of imidazole rings is 1. The Morgan fingerprint density at radius 3 is 2.55 bits per heavy atom. The van der Waals surface area contributed by atoms with Crippen LogP contribution in [0.15, 0.2) is 47.3 Å². The smallest absolute Gasteiger partial charge is 0.328 e. The summed E-state index contributed by atoms with van der Waals surface area (Å²) in [5, 5.41) is 5.10. The van der Waals surface area contributed by atoms with E-state index < -0.39 is 17.9 Å². The van der Waals surface area contributed by atoms with E-state index in [1.165, 1.54) is 9.13 Å². The van der Waals surface area contributed by atoms with E-state index in [0.717, 1.165) is 5.52 Å². The van der Waals surface area contributed by atoms with Gasteiger partial charge in [0, 0.05) is 19.8 Å². The topological polar surface area (TPSA) is 104 Å². The second kappa shape index (κ2) is 7.34. The van der Waals surface area contributed by atoms with Crippen molar-refractivity contribution in [1.29, 1.82) is 0 Å². The SMILES string of the molecule is Cn1c(=O)n(C)c2cc(NC(=O)C(=O)NCC3COc4ccccc4O3)ccc21. The highest BCUT2D eigenvalue weighted by atomic mass is 16.6. The summed E-state index contributed by atoms with van der Waals surface area (Å²) >= 11 is 0. The van der Waals surface area contributed by atoms with E-state index in [9.17, 15) is 14.4 Å². The number of hydrogen-bond donors (Lipinski definition) is 2. The van der Waals surface area contributed by atoms with Gasteiger partial charge in [-0.3, -0.25) is 18.7 Å². The molecule has 2 aromatic carbocycles. The fourth-order valence-electron chi connectivity index (χ4n) is 3.22. The Balaban J connectivity index is 1.36. The molecule has 1 unspecified atom stereocenters. The van der Waals surface area contributed by atoms with Crippen LogP contribution >= 0.6 is 0 Å². The molecule has 2 heterocycles. The molecule has 1 aliphatic heterocycles. The van der Waals surface area contributed by atoms with Crippen LogP contribution in [0.5, 0.6) is 11.5 Å². The first kappa shape index (κ1) is 18.6. The van der Waals surface area contributed by atoms with Crippen molar-refractivity contribution < 1.29 is 19.1 Å². The Morgan fingerprint density at radius 2 is 1.76 bits per heavy atom. The van der Waals surface area contributed by atoms with Crippen molar-refractivity contribution in [3.63, 3.8) is 0 Å². The minimum atomic E-state index is -0.803. The number of nitrogens with one attached hydrogen (secondary N) is 2. The first-order valence-corrected chi connectivity index (χ1v) is 9.07. The molecule has 0 aliphatic carbocycles. The van der Waals surface area contributed by atoms with Gasteiger partial charge in [0.05, 0.1) is 17.6 Å². The Hall–Kier alpha value is -3.75. The van der Waals surface area contributed by atoms with Gasteiger partial charge in [-0.1, -0.05) is 12.1 Å². The number of aromatic nitrogens is 2. The lowest BCUT2D eigenvalue weighted by atomic mass is 10.2. The van der Waals surface area contributed by atoms with Crippen LogP contribution in [0.3, 0.4) is 0 Å². The van der Waals surface area contributed by atoms with Crippen molar-refractivity contribution in [1.82, 2.24) is 14.5 Å². The fraction of sp³-hybridized carbons (Fsp3) is 0.250. The van der Waals surface area contributed by atoms with Crippen molar-refractivity contribution >= 4 is 28.5 Å². The molecule has 1 aliphatic rings. The van der Waals surface area contributed by atoms with E-state index in [4.69, 9.17) is 9.47 Å². The number of fused-ring (bicyclic) bond motifs is 2. The van der Waals surface area contributed by atoms with Gasteiger partial charge < -0.3 is 20.1 Å². The van der Waals surface area contributed by atoms with Crippen LogP contribution < -0.4 is 25.8 Å². The van der Waals surface area contributed by atoms with Crippen molar-refractivity contribution in [2.24, 2.45) is 14.1 Å². The average Bonchev–Trinajstić information content (AvgIpc) is 2.95. The third-order valence-electron chi connectivity index (χ3n) is 4.79. The third kappa shape index (κ3) is 3.54. The molecule has 9 heteroatoms. The molecule has 9 nitrogen and oxygen atoms in total. The van der Waals surface area contributed by atoms with E-state index in [2.05, 4.69) is 10.6 Å². The normalized spacial score (nSPS) is 15.2. The zero-order valence-electron chi connectivity index (χ0n) is 16.0. The van der Waals surface area contributed by atoms with Gasteiger partial charge in [-0.25, -0.2) is 4.79 Å². The number of amides is 2. The highest BCUT2D eigenvalue weighted by Crippen LogP contribution is 2.30. The molecule has 0 bridgehead atoms. The summed E-state index contributed by atoms with van der Waals surface area (Å²) in [6, 6.07) is 12.3. The molecule has 0 saturated carbocycles. The highest BCUT2D eigenvalue weighted by molar-refractivity contribution is 6.39. The monoisotopic (exact) mass is 396 g/mol. The Bertz CT molecular complexity index is 1160. The maximum atomic E-state index is 12.2. The molecular formula is C20H20N4O5. The zero-order chi connectivity index (χ0) is 20.5. The Labute approximate surface area is 165 Å². The third-order valence-corrected chi connectivity index (χ3v) is 4.79. The molecule has 0 saturated heterocycles. The number of aryl methyl sites for hydroxylation is 2. The molecular weight excluding hydrogens is 376 g/mol. The van der Waals surface area contributed by atoms with E-state index in [0.29, 0.717) is 22.7 Å². The lowest BCUT2D eigenvalue weighted by Gasteiger charge is -2.26. The molecule has 1 aromatic heterocycles. The number of carbonyl (C=O) groups excluding carboxylic acids is 2. The van der Waals surface area contributed by atoms with Crippen LogP contribution in [0, 0.1) is 0 Å². The predicted molar refractivity (Wildman–Crippen MR) is 106 cm³/mol. The van der Waals surface area contributed by atoms with Crippen LogP contribution in [0.25, 0.3) is 11.0 Å². The second-order valence-corrected chi connectivity index (χ2v) is 6.77. The maximum absolute atomic E-state index is 12.2. The summed E-state index contributed by atoms with van der Waals surface area (Å²) in [7, 11) is 3.32. The van der Waals surface area contributed by atoms with Gasteiger partial charge >= 0.3 is 17.5 Å². The summed E-state index contributed by atoms with van der Waals surface area (Å²) in [4.78, 5) is 36.3. The number of anilines is 1. The van der Waals surface area contributed by atoms with Gasteiger partial charge in [0.25, 0.3) is 0 Å². The van der Waals surface area contributed by atoms with Crippen molar-refractivity contribution in [2.75, 3.05) is 18.5 Å². The van der Waals surface area contributed by atoms with Gasteiger partial charge in [0.1, 0.15) is 12.7 Å². The Kier molecular flexibility index (Phi) is 4.71. The molecule has 29 heavy (non-hydrogen) atoms. The standard InChI is InChI=1S/C20H20N4O5/c1-23-14-8-7-12(9-15(14)24(2)20(23)27)22-19(26)18(25)21-10-13-11-28-16-5-3-4-6-17(16)29-13/h3-9,13H,10-11H2,1-2H3,(H,21,25)(H,22,26). The van der Waals surface area contributed by atoms with Crippen LogP contribution in [0.1, 0.15) is 0 Å². The van der Waals surface area contributed by atoms with Crippen LogP contribution in [-0.4, -0.2) is 40.2 Å². The maximum Gasteiger partial charge on any atom is 0.328 e. The Morgan fingerprint density at radius 1 is 1.03 bits per heavy atom. The fourth-order valence-corrected chi connectivity index (χ4v) is 3.22. The minimum absolute atomic E-state index is 0.132. The number of hydrogen-bond acceptors (Lipinski definition) is 5. The largest absolute Gasteiger partial charge is 0.486 e. The first-order valence-electron chi connectivity index (χ1n) is 9.07. The molecule has 0 spiro atoms. The van der Waals surface area contributed by atoms with Crippen LogP contribution in [0.2, 0.25) is 0 Å². The van der Waals surface area contributed by atoms with Gasteiger partial charge in [-0.15, -0.1) is 0 Å². The van der Waals surface area contributed by atoms with Crippen molar-refractivity contribution in [2.45, 2.75) is 6.10 Å². The lowest BCUT2D eigenvalue weighted by Crippen LogP contribution is -2.44. The first-order chi connectivity index (χ1) is 13.9. The molecule has 0 radical (unpaired) electrons. The molecule has 2 amide bonds. The molecule has 4 rings (SSSR count). The summed E-state index contributed by atoms with van der Waals surface area (Å²) < 4.78 is 14.3. The number of nitrogens with zero attached hydrogens (tertiary/aromatic N) is 2. The van der Waals surface area contributed by atoms with Gasteiger partial charge in [-0.05, 0) is 30.3 Å². The van der Waals surface area contributed by atoms with E-state index >= 15 is 0 Å². The number of carbonyl (C=O) groups is 2. The zero-order valence-corrected chi connectivity index (χ0v) is 16.0. The van der Waals surface area contributed by atoms with Gasteiger partial charge in [0.15, 0.2) is 11.5 Å². The van der Waals surface area contributed by atoms with Crippen molar-refractivity contribution in [3.05, 3.63) is 52.9 Å². The average molecular weight is 396 g/mol. The quantitative estimate of drug-likeness (QED) is 0.637. The van der Waals surface area contributed by atoms with Crippen LogP contribution in [0.4, 0.5) is 5.69 Å². The summed E-state index contributed by atoms with van der Waals surface area (Å²) in [6.45, 7) is 0.407. The second-order valence-electron chi connectivity index (χ2n) is 6.77. The van der Waals surface area contributed by atoms with E-state index in [1.807, 2.05) is 12.1 Å². The molecule has 150 valence electrons. The lowest BCUT2D eigenvalue weighted by molar-refractivity contribution is -0.136. The summed E-state index contributed by atoms with van der Waals surface area (Å²) in [5.74, 6) is -0.334. The number of benzene rings is 2. The molecule has 3 aromatic rings. The number of ether oxygens (including phenoxy) is 2. The molecule has 2 N–H and O–H groups in total. The number of para-hydroxylation sites is 2. The van der Waals surface area contributed by atoms with Crippen LogP contribution in [-0.2, 0) is 23.7 Å². The summed E-state index contributed by atoms with van der Waals surface area (Å²) in [6.07, 6.45) is -0.392. The van der Waals surface area contributed by atoms with Gasteiger partial charge in [0.2, 0.25) is 0 Å².